The highest BCUT2D eigenvalue weighted by Gasteiger charge is 2.35. The molecule has 1 unspecified atom stereocenters. The molecule has 1 aromatic carbocycles. The highest BCUT2D eigenvalue weighted by molar-refractivity contribution is 9.10. The van der Waals surface area contributed by atoms with Crippen LogP contribution in [0.4, 0.5) is 5.00 Å². The van der Waals surface area contributed by atoms with E-state index >= 15 is 0 Å². The van der Waals surface area contributed by atoms with E-state index in [-0.39, 0.29) is 12.1 Å². The standard InChI is InChI=1S/C18H20BrN3OS/c1-10(2)22-7-6-13-14(9-22)24-18-15(13)17(23)20-16(21-18)11-4-3-5-12(19)8-11/h3-5,8,10,16,21H,6-7,9H2,1-2H3,(H,20,23)/p+1/t16-/m0/s1. The van der Waals surface area contributed by atoms with Crippen molar-refractivity contribution in [2.75, 3.05) is 11.9 Å². The molecule has 0 radical (unpaired) electrons. The number of amides is 1. The second-order valence-electron chi connectivity index (χ2n) is 6.80. The third-order valence-electron chi connectivity index (χ3n) is 4.95. The molecule has 1 aromatic heterocycles. The average molecular weight is 407 g/mol. The largest absolute Gasteiger partial charge is 0.353 e. The maximum Gasteiger partial charge on any atom is 0.256 e. The predicted octanol–water partition coefficient (Wildman–Crippen LogP) is 2.71. The summed E-state index contributed by atoms with van der Waals surface area (Å²) in [4.78, 5) is 15.7. The molecule has 3 heterocycles. The maximum absolute atomic E-state index is 12.7. The van der Waals surface area contributed by atoms with E-state index in [9.17, 15) is 4.79 Å². The van der Waals surface area contributed by atoms with Gasteiger partial charge < -0.3 is 15.5 Å². The van der Waals surface area contributed by atoms with Crippen LogP contribution in [0.15, 0.2) is 28.7 Å². The molecule has 6 heteroatoms. The van der Waals surface area contributed by atoms with E-state index in [0.717, 1.165) is 40.1 Å². The molecule has 2 atom stereocenters. The Hall–Kier alpha value is -1.37. The van der Waals surface area contributed by atoms with Crippen molar-refractivity contribution >= 4 is 38.2 Å². The number of carbonyl (C=O) groups is 1. The Morgan fingerprint density at radius 1 is 1.33 bits per heavy atom. The Kier molecular flexibility index (Phi) is 4.14. The second kappa shape index (κ2) is 6.17. The number of halogens is 1. The molecule has 2 aliphatic rings. The molecule has 24 heavy (non-hydrogen) atoms. The lowest BCUT2D eigenvalue weighted by molar-refractivity contribution is -0.936. The highest BCUT2D eigenvalue weighted by atomic mass is 79.9. The molecule has 0 bridgehead atoms. The number of benzene rings is 1. The van der Waals surface area contributed by atoms with Crippen LogP contribution in [-0.4, -0.2) is 18.5 Å². The first-order valence-corrected chi connectivity index (χ1v) is 9.96. The third kappa shape index (κ3) is 2.76. The minimum Gasteiger partial charge on any atom is -0.353 e. The number of hydrogen-bond acceptors (Lipinski definition) is 3. The van der Waals surface area contributed by atoms with Gasteiger partial charge in [0.1, 0.15) is 17.7 Å². The normalized spacial score (nSPS) is 22.6. The van der Waals surface area contributed by atoms with Gasteiger partial charge in [-0.25, -0.2) is 0 Å². The molecular formula is C18H21BrN3OS+. The fourth-order valence-electron chi connectivity index (χ4n) is 3.56. The van der Waals surface area contributed by atoms with Gasteiger partial charge >= 0.3 is 0 Å². The number of nitrogens with one attached hydrogen (secondary N) is 3. The zero-order chi connectivity index (χ0) is 16.8. The van der Waals surface area contributed by atoms with Gasteiger partial charge in [0, 0.05) is 10.9 Å². The number of thiophene rings is 1. The van der Waals surface area contributed by atoms with Gasteiger partial charge in [-0.15, -0.1) is 11.3 Å². The summed E-state index contributed by atoms with van der Waals surface area (Å²) in [6, 6.07) is 8.68. The second-order valence-corrected chi connectivity index (χ2v) is 8.82. The molecule has 3 N–H and O–H groups in total. The van der Waals surface area contributed by atoms with Crippen molar-refractivity contribution < 1.29 is 9.69 Å². The Labute approximate surface area is 154 Å². The smallest absolute Gasteiger partial charge is 0.256 e. The van der Waals surface area contributed by atoms with E-state index in [2.05, 4.69) is 40.4 Å². The number of carbonyl (C=O) groups excluding carboxylic acids is 1. The summed E-state index contributed by atoms with van der Waals surface area (Å²) in [5, 5.41) is 7.67. The number of rotatable bonds is 2. The average Bonchev–Trinajstić information content (AvgIpc) is 2.92. The Morgan fingerprint density at radius 2 is 2.17 bits per heavy atom. The van der Waals surface area contributed by atoms with E-state index in [4.69, 9.17) is 0 Å². The number of hydrogen-bond donors (Lipinski definition) is 3. The lowest BCUT2D eigenvalue weighted by Crippen LogP contribution is -3.14. The minimum absolute atomic E-state index is 0.0548. The molecule has 1 amide bonds. The molecule has 0 saturated heterocycles. The lowest BCUT2D eigenvalue weighted by atomic mass is 9.99. The third-order valence-corrected chi connectivity index (χ3v) is 6.61. The lowest BCUT2D eigenvalue weighted by Gasteiger charge is -2.28. The van der Waals surface area contributed by atoms with Crippen LogP contribution < -0.4 is 15.5 Å². The molecule has 0 aliphatic carbocycles. The van der Waals surface area contributed by atoms with E-state index in [1.54, 1.807) is 16.2 Å². The summed E-state index contributed by atoms with van der Waals surface area (Å²) >= 11 is 5.26. The first-order chi connectivity index (χ1) is 11.5. The fraction of sp³-hybridized carbons (Fsp3) is 0.389. The minimum atomic E-state index is -0.170. The molecule has 2 aliphatic heterocycles. The summed E-state index contributed by atoms with van der Waals surface area (Å²) in [5.74, 6) is 0.0548. The zero-order valence-corrected chi connectivity index (χ0v) is 16.2. The van der Waals surface area contributed by atoms with Crippen molar-refractivity contribution in [3.05, 3.63) is 50.3 Å². The van der Waals surface area contributed by atoms with Gasteiger partial charge in [-0.05, 0) is 37.1 Å². The Bertz CT molecular complexity index is 802. The first kappa shape index (κ1) is 16.1. The SMILES string of the molecule is CC(C)[NH+]1CCc2c(sc3c2C(=O)N[C@H](c2cccc(Br)c2)N3)C1. The molecule has 2 aromatic rings. The molecular weight excluding hydrogens is 386 g/mol. The molecule has 0 fully saturated rings. The zero-order valence-electron chi connectivity index (χ0n) is 13.8. The van der Waals surface area contributed by atoms with Gasteiger partial charge in [-0.1, -0.05) is 28.1 Å². The van der Waals surface area contributed by atoms with Crippen molar-refractivity contribution in [3.63, 3.8) is 0 Å². The van der Waals surface area contributed by atoms with Crippen LogP contribution in [-0.2, 0) is 13.0 Å². The van der Waals surface area contributed by atoms with Gasteiger partial charge in [0.15, 0.2) is 0 Å². The monoisotopic (exact) mass is 406 g/mol. The van der Waals surface area contributed by atoms with Gasteiger partial charge in [-0.2, -0.15) is 0 Å². The van der Waals surface area contributed by atoms with E-state index < -0.39 is 0 Å². The van der Waals surface area contributed by atoms with Gasteiger partial charge in [0.25, 0.3) is 5.91 Å². The summed E-state index contributed by atoms with van der Waals surface area (Å²) in [6.07, 6.45) is 0.821. The molecule has 0 spiro atoms. The van der Waals surface area contributed by atoms with Crippen LogP contribution in [0.1, 0.15) is 46.4 Å². The Morgan fingerprint density at radius 3 is 2.92 bits per heavy atom. The van der Waals surface area contributed by atoms with Crippen molar-refractivity contribution in [3.8, 4) is 0 Å². The first-order valence-electron chi connectivity index (χ1n) is 8.35. The molecule has 0 saturated carbocycles. The summed E-state index contributed by atoms with van der Waals surface area (Å²) < 4.78 is 1.02. The maximum atomic E-state index is 12.7. The number of fused-ring (bicyclic) bond motifs is 3. The number of anilines is 1. The van der Waals surface area contributed by atoms with E-state index in [1.807, 2.05) is 24.3 Å². The van der Waals surface area contributed by atoms with Crippen LogP contribution >= 0.6 is 27.3 Å². The van der Waals surface area contributed by atoms with E-state index in [1.165, 1.54) is 10.4 Å². The van der Waals surface area contributed by atoms with Crippen LogP contribution in [0.5, 0.6) is 0 Å². The van der Waals surface area contributed by atoms with Crippen molar-refractivity contribution in [1.82, 2.24) is 5.32 Å². The predicted molar refractivity (Wildman–Crippen MR) is 101 cm³/mol. The van der Waals surface area contributed by atoms with Crippen LogP contribution in [0.3, 0.4) is 0 Å². The fourth-order valence-corrected chi connectivity index (χ4v) is 5.30. The molecule has 126 valence electrons. The summed E-state index contributed by atoms with van der Waals surface area (Å²) in [5.41, 5.74) is 3.20. The van der Waals surface area contributed by atoms with Crippen LogP contribution in [0.25, 0.3) is 0 Å². The summed E-state index contributed by atoms with van der Waals surface area (Å²) in [7, 11) is 0. The van der Waals surface area contributed by atoms with E-state index in [0.29, 0.717) is 6.04 Å². The highest BCUT2D eigenvalue weighted by Crippen LogP contribution is 2.39. The van der Waals surface area contributed by atoms with Crippen molar-refractivity contribution in [1.29, 1.82) is 0 Å². The van der Waals surface area contributed by atoms with Gasteiger partial charge in [0.05, 0.1) is 23.0 Å². The summed E-state index contributed by atoms with van der Waals surface area (Å²) in [6.45, 7) is 6.67. The van der Waals surface area contributed by atoms with Crippen LogP contribution in [0, 0.1) is 0 Å². The Balaban J connectivity index is 1.66. The van der Waals surface area contributed by atoms with Crippen molar-refractivity contribution in [2.24, 2.45) is 0 Å². The molecule has 4 nitrogen and oxygen atoms in total. The topological polar surface area (TPSA) is 45.6 Å². The van der Waals surface area contributed by atoms with Gasteiger partial charge in [-0.3, -0.25) is 4.79 Å². The number of quaternary nitrogens is 1. The van der Waals surface area contributed by atoms with Gasteiger partial charge in [0.2, 0.25) is 0 Å². The van der Waals surface area contributed by atoms with Crippen molar-refractivity contribution in [2.45, 2.75) is 39.0 Å². The van der Waals surface area contributed by atoms with Crippen LogP contribution in [0.2, 0.25) is 0 Å². The molecule has 4 rings (SSSR count). The quantitative estimate of drug-likeness (QED) is 0.717.